The SMILES string of the molecule is COc1ccc(F)c(-n2nc(Cl)ccc2=O)c1. The molecular formula is C11H8ClFN2O2. The van der Waals surface area contributed by atoms with Crippen molar-refractivity contribution in [3.05, 3.63) is 51.7 Å². The molecule has 0 atom stereocenters. The van der Waals surface area contributed by atoms with Crippen molar-refractivity contribution >= 4 is 11.6 Å². The molecule has 0 aliphatic heterocycles. The van der Waals surface area contributed by atoms with E-state index in [1.54, 1.807) is 0 Å². The standard InChI is InChI=1S/C11H8ClFN2O2/c1-17-7-2-3-8(13)9(6-7)15-11(16)5-4-10(12)14-15/h2-6H,1H3. The number of ether oxygens (including phenoxy) is 1. The first-order valence-corrected chi connectivity index (χ1v) is 5.09. The van der Waals surface area contributed by atoms with Crippen molar-refractivity contribution in [1.29, 1.82) is 0 Å². The Hall–Kier alpha value is -1.88. The number of aromatic nitrogens is 2. The van der Waals surface area contributed by atoms with Gasteiger partial charge in [0.25, 0.3) is 5.56 Å². The molecule has 0 bridgehead atoms. The van der Waals surface area contributed by atoms with E-state index >= 15 is 0 Å². The van der Waals surface area contributed by atoms with Crippen molar-refractivity contribution in [2.45, 2.75) is 0 Å². The van der Waals surface area contributed by atoms with E-state index in [1.807, 2.05) is 0 Å². The topological polar surface area (TPSA) is 44.1 Å². The highest BCUT2D eigenvalue weighted by Gasteiger charge is 2.09. The molecule has 0 saturated carbocycles. The van der Waals surface area contributed by atoms with Crippen LogP contribution in [0.1, 0.15) is 0 Å². The Bertz CT molecular complexity index is 613. The molecule has 0 unspecified atom stereocenters. The summed E-state index contributed by atoms with van der Waals surface area (Å²) in [5, 5.41) is 3.86. The van der Waals surface area contributed by atoms with Gasteiger partial charge in [0.1, 0.15) is 22.4 Å². The molecule has 6 heteroatoms. The van der Waals surface area contributed by atoms with Gasteiger partial charge in [0.2, 0.25) is 0 Å². The van der Waals surface area contributed by atoms with Gasteiger partial charge in [0, 0.05) is 12.1 Å². The van der Waals surface area contributed by atoms with Crippen molar-refractivity contribution in [3.8, 4) is 11.4 Å². The molecule has 0 N–H and O–H groups in total. The molecule has 0 fully saturated rings. The highest BCUT2D eigenvalue weighted by molar-refractivity contribution is 6.29. The average molecular weight is 255 g/mol. The summed E-state index contributed by atoms with van der Waals surface area (Å²) < 4.78 is 19.5. The van der Waals surface area contributed by atoms with Gasteiger partial charge < -0.3 is 4.74 Å². The predicted octanol–water partition coefficient (Wildman–Crippen LogP) is 2.03. The lowest BCUT2D eigenvalue weighted by molar-refractivity contribution is 0.413. The summed E-state index contributed by atoms with van der Waals surface area (Å²) in [4.78, 5) is 11.6. The maximum atomic E-state index is 13.6. The normalized spacial score (nSPS) is 10.3. The van der Waals surface area contributed by atoms with Crippen LogP contribution >= 0.6 is 11.6 Å². The summed E-state index contributed by atoms with van der Waals surface area (Å²) in [6, 6.07) is 6.59. The van der Waals surface area contributed by atoms with Crippen LogP contribution in [-0.2, 0) is 0 Å². The Morgan fingerprint density at radius 3 is 2.82 bits per heavy atom. The molecule has 0 saturated heterocycles. The van der Waals surface area contributed by atoms with Crippen molar-refractivity contribution in [2.24, 2.45) is 0 Å². The minimum Gasteiger partial charge on any atom is -0.497 e. The molecule has 0 aliphatic rings. The van der Waals surface area contributed by atoms with Crippen LogP contribution in [0, 0.1) is 5.82 Å². The summed E-state index contributed by atoms with van der Waals surface area (Å²) in [6.45, 7) is 0. The van der Waals surface area contributed by atoms with Crippen LogP contribution in [-0.4, -0.2) is 16.9 Å². The van der Waals surface area contributed by atoms with E-state index in [9.17, 15) is 9.18 Å². The lowest BCUT2D eigenvalue weighted by Gasteiger charge is -2.07. The summed E-state index contributed by atoms with van der Waals surface area (Å²) in [5.74, 6) is -0.155. The fourth-order valence-corrected chi connectivity index (χ4v) is 1.48. The summed E-state index contributed by atoms with van der Waals surface area (Å²) in [7, 11) is 1.45. The molecule has 0 amide bonds. The third-order valence-electron chi connectivity index (χ3n) is 2.15. The van der Waals surface area contributed by atoms with Crippen molar-refractivity contribution < 1.29 is 9.13 Å². The molecule has 2 aromatic rings. The first-order valence-electron chi connectivity index (χ1n) is 4.71. The van der Waals surface area contributed by atoms with Crippen LogP contribution in [0.15, 0.2) is 35.1 Å². The van der Waals surface area contributed by atoms with Gasteiger partial charge in [0.15, 0.2) is 0 Å². The fraction of sp³-hybridized carbons (Fsp3) is 0.0909. The highest BCUT2D eigenvalue weighted by atomic mass is 35.5. The molecule has 17 heavy (non-hydrogen) atoms. The van der Waals surface area contributed by atoms with E-state index in [4.69, 9.17) is 16.3 Å². The summed E-state index contributed by atoms with van der Waals surface area (Å²) >= 11 is 5.67. The number of methoxy groups -OCH3 is 1. The molecule has 4 nitrogen and oxygen atoms in total. The lowest BCUT2D eigenvalue weighted by Crippen LogP contribution is -2.20. The van der Waals surface area contributed by atoms with Crippen molar-refractivity contribution in [1.82, 2.24) is 9.78 Å². The average Bonchev–Trinajstić information content (AvgIpc) is 2.33. The van der Waals surface area contributed by atoms with Gasteiger partial charge in [0.05, 0.1) is 7.11 Å². The Morgan fingerprint density at radius 2 is 2.12 bits per heavy atom. The van der Waals surface area contributed by atoms with Gasteiger partial charge in [-0.15, -0.1) is 0 Å². The first kappa shape index (κ1) is 11.6. The van der Waals surface area contributed by atoms with Crippen LogP contribution in [0.3, 0.4) is 0 Å². The molecule has 2 rings (SSSR count). The zero-order valence-corrected chi connectivity index (χ0v) is 9.61. The number of benzene rings is 1. The van der Waals surface area contributed by atoms with Gasteiger partial charge in [-0.25, -0.2) is 4.39 Å². The number of nitrogens with zero attached hydrogens (tertiary/aromatic N) is 2. The van der Waals surface area contributed by atoms with Crippen LogP contribution in [0.25, 0.3) is 5.69 Å². The van der Waals surface area contributed by atoms with Gasteiger partial charge >= 0.3 is 0 Å². The molecular weight excluding hydrogens is 247 g/mol. The Labute approximate surface area is 101 Å². The second kappa shape index (κ2) is 4.55. The molecule has 0 radical (unpaired) electrons. The minimum atomic E-state index is -0.581. The summed E-state index contributed by atoms with van der Waals surface area (Å²) in [5.41, 5.74) is -0.474. The van der Waals surface area contributed by atoms with E-state index < -0.39 is 11.4 Å². The molecule has 88 valence electrons. The van der Waals surface area contributed by atoms with Gasteiger partial charge in [-0.2, -0.15) is 9.78 Å². The molecule has 0 aliphatic carbocycles. The Balaban J connectivity index is 2.67. The predicted molar refractivity (Wildman–Crippen MR) is 61.4 cm³/mol. The maximum Gasteiger partial charge on any atom is 0.271 e. The van der Waals surface area contributed by atoms with Crippen LogP contribution in [0.4, 0.5) is 4.39 Å². The van der Waals surface area contributed by atoms with Gasteiger partial charge in [-0.3, -0.25) is 4.79 Å². The third-order valence-corrected chi connectivity index (χ3v) is 2.35. The van der Waals surface area contributed by atoms with Gasteiger partial charge in [-0.1, -0.05) is 11.6 Å². The highest BCUT2D eigenvalue weighted by Crippen LogP contribution is 2.18. The number of hydrogen-bond donors (Lipinski definition) is 0. The zero-order valence-electron chi connectivity index (χ0n) is 8.85. The van der Waals surface area contributed by atoms with E-state index in [1.165, 1.54) is 37.4 Å². The van der Waals surface area contributed by atoms with E-state index in [0.29, 0.717) is 5.75 Å². The second-order valence-corrected chi connectivity index (χ2v) is 3.61. The monoisotopic (exact) mass is 254 g/mol. The van der Waals surface area contributed by atoms with Crippen LogP contribution in [0.2, 0.25) is 5.15 Å². The Kier molecular flexibility index (Phi) is 3.10. The molecule has 1 heterocycles. The smallest absolute Gasteiger partial charge is 0.271 e. The third kappa shape index (κ3) is 2.29. The van der Waals surface area contributed by atoms with E-state index in [2.05, 4.69) is 5.10 Å². The number of hydrogen-bond acceptors (Lipinski definition) is 3. The molecule has 1 aromatic carbocycles. The lowest BCUT2D eigenvalue weighted by atomic mass is 10.3. The maximum absolute atomic E-state index is 13.6. The van der Waals surface area contributed by atoms with Crippen molar-refractivity contribution in [3.63, 3.8) is 0 Å². The second-order valence-electron chi connectivity index (χ2n) is 3.22. The fourth-order valence-electron chi connectivity index (χ4n) is 1.34. The van der Waals surface area contributed by atoms with Crippen LogP contribution in [0.5, 0.6) is 5.75 Å². The largest absolute Gasteiger partial charge is 0.497 e. The zero-order chi connectivity index (χ0) is 12.4. The van der Waals surface area contributed by atoms with E-state index in [-0.39, 0.29) is 10.8 Å². The Morgan fingerprint density at radius 1 is 1.35 bits per heavy atom. The van der Waals surface area contributed by atoms with Crippen LogP contribution < -0.4 is 10.3 Å². The number of rotatable bonds is 2. The minimum absolute atomic E-state index is 0.00292. The van der Waals surface area contributed by atoms with Crippen molar-refractivity contribution in [2.75, 3.05) is 7.11 Å². The summed E-state index contributed by atoms with van der Waals surface area (Å²) in [6.07, 6.45) is 0. The first-order chi connectivity index (χ1) is 8.11. The van der Waals surface area contributed by atoms with Gasteiger partial charge in [-0.05, 0) is 18.2 Å². The molecule has 1 aromatic heterocycles. The quantitative estimate of drug-likeness (QED) is 0.824. The molecule has 0 spiro atoms. The number of halogens is 2. The van der Waals surface area contributed by atoms with E-state index in [0.717, 1.165) is 4.68 Å².